The van der Waals surface area contributed by atoms with Crippen LogP contribution in [0.1, 0.15) is 11.1 Å². The summed E-state index contributed by atoms with van der Waals surface area (Å²) >= 11 is 6.24. The minimum atomic E-state index is -1.31. The van der Waals surface area contributed by atoms with Gasteiger partial charge in [0, 0.05) is 49.4 Å². The van der Waals surface area contributed by atoms with Crippen molar-refractivity contribution in [2.24, 2.45) is 0 Å². The second kappa shape index (κ2) is 6.60. The Morgan fingerprint density at radius 2 is 2.07 bits per heavy atom. The van der Waals surface area contributed by atoms with Gasteiger partial charge >= 0.3 is 6.03 Å². The highest BCUT2D eigenvalue weighted by Crippen LogP contribution is 2.45. The molecule has 3 amide bonds. The van der Waals surface area contributed by atoms with Crippen LogP contribution in [0.4, 0.5) is 10.5 Å². The Kier molecular flexibility index (Phi) is 4.34. The van der Waals surface area contributed by atoms with E-state index in [0.29, 0.717) is 27.8 Å². The van der Waals surface area contributed by atoms with Gasteiger partial charge in [-0.3, -0.25) is 4.79 Å². The van der Waals surface area contributed by atoms with Crippen LogP contribution in [0.15, 0.2) is 36.4 Å². The van der Waals surface area contributed by atoms with Crippen LogP contribution in [0.25, 0.3) is 0 Å². The van der Waals surface area contributed by atoms with Gasteiger partial charge in [-0.2, -0.15) is 0 Å². The molecule has 2 aliphatic heterocycles. The van der Waals surface area contributed by atoms with E-state index in [2.05, 4.69) is 5.32 Å². The van der Waals surface area contributed by atoms with Crippen molar-refractivity contribution in [2.45, 2.75) is 12.0 Å². The number of hydrogen-bond acceptors (Lipinski definition) is 4. The highest BCUT2D eigenvalue weighted by atomic mass is 35.5. The van der Waals surface area contributed by atoms with E-state index in [1.54, 1.807) is 44.2 Å². The van der Waals surface area contributed by atoms with E-state index in [0.717, 1.165) is 5.56 Å². The zero-order valence-corrected chi connectivity index (χ0v) is 16.5. The molecule has 8 heteroatoms. The van der Waals surface area contributed by atoms with Gasteiger partial charge in [0.1, 0.15) is 0 Å². The lowest BCUT2D eigenvalue weighted by Gasteiger charge is -2.31. The molecule has 0 radical (unpaired) electrons. The number of hydrogen-bond donors (Lipinski definition) is 1. The van der Waals surface area contributed by atoms with Crippen molar-refractivity contribution in [1.29, 1.82) is 0 Å². The Morgan fingerprint density at radius 3 is 2.82 bits per heavy atom. The molecule has 146 valence electrons. The molecule has 1 atom stereocenters. The van der Waals surface area contributed by atoms with Gasteiger partial charge in [-0.25, -0.2) is 4.79 Å². The summed E-state index contributed by atoms with van der Waals surface area (Å²) in [5.74, 6) is 0.972. The highest BCUT2D eigenvalue weighted by molar-refractivity contribution is 6.31. The number of amides is 3. The van der Waals surface area contributed by atoms with E-state index >= 15 is 0 Å². The summed E-state index contributed by atoms with van der Waals surface area (Å²) in [6.07, 6.45) is 0.204. The first-order valence-corrected chi connectivity index (χ1v) is 9.16. The predicted octanol–water partition coefficient (Wildman–Crippen LogP) is 2.75. The van der Waals surface area contributed by atoms with Crippen LogP contribution in [0.3, 0.4) is 0 Å². The molecule has 4 rings (SSSR count). The number of halogens is 1. The van der Waals surface area contributed by atoms with Gasteiger partial charge in [0.25, 0.3) is 5.91 Å². The molecule has 0 saturated carbocycles. The topological polar surface area (TPSA) is 71.1 Å². The molecule has 0 aromatic heterocycles. The fourth-order valence-corrected chi connectivity index (χ4v) is 3.87. The van der Waals surface area contributed by atoms with Crippen LogP contribution in [-0.2, 0) is 16.8 Å². The van der Waals surface area contributed by atoms with E-state index in [1.807, 2.05) is 18.2 Å². The number of anilines is 1. The number of urea groups is 1. The molecular formula is C20H20ClN3O4. The molecule has 0 fully saturated rings. The lowest BCUT2D eigenvalue weighted by atomic mass is 9.84. The van der Waals surface area contributed by atoms with Crippen LogP contribution >= 0.6 is 11.6 Å². The standard InChI is InChI=1S/C20H20ClN3O4/c1-23(2)19(26)22-20(10-12-5-4-6-16-17(12)28-11-27-16)14-9-13(21)7-8-15(14)24(3)18(20)25/h4-9H,10-11H2,1-3H3,(H,22,26). The number of rotatable bonds is 3. The minimum absolute atomic E-state index is 0.125. The SMILES string of the molecule is CN(C)C(=O)NC1(Cc2cccc3c2OCO3)C(=O)N(C)c2ccc(Cl)cc21. The molecule has 2 aromatic rings. The van der Waals surface area contributed by atoms with E-state index in [-0.39, 0.29) is 25.2 Å². The van der Waals surface area contributed by atoms with Gasteiger partial charge in [-0.1, -0.05) is 23.7 Å². The first kappa shape index (κ1) is 18.4. The monoisotopic (exact) mass is 401 g/mol. The maximum absolute atomic E-state index is 13.4. The minimum Gasteiger partial charge on any atom is -0.454 e. The Hall–Kier alpha value is -2.93. The summed E-state index contributed by atoms with van der Waals surface area (Å²) in [7, 11) is 4.94. The Morgan fingerprint density at radius 1 is 1.29 bits per heavy atom. The molecule has 0 saturated heterocycles. The molecule has 2 heterocycles. The van der Waals surface area contributed by atoms with Gasteiger partial charge in [0.2, 0.25) is 6.79 Å². The quantitative estimate of drug-likeness (QED) is 0.858. The van der Waals surface area contributed by atoms with Gasteiger partial charge in [0.05, 0.1) is 0 Å². The van der Waals surface area contributed by atoms with Gasteiger partial charge in [-0.05, 0) is 24.3 Å². The molecule has 2 aromatic carbocycles. The maximum Gasteiger partial charge on any atom is 0.318 e. The van der Waals surface area contributed by atoms with Crippen molar-refractivity contribution in [2.75, 3.05) is 32.8 Å². The third-order valence-corrected chi connectivity index (χ3v) is 5.34. The van der Waals surface area contributed by atoms with Crippen molar-refractivity contribution in [1.82, 2.24) is 10.2 Å². The maximum atomic E-state index is 13.4. The summed E-state index contributed by atoms with van der Waals surface area (Å²) in [5, 5.41) is 3.42. The Bertz CT molecular complexity index is 978. The molecule has 2 aliphatic rings. The molecule has 1 N–H and O–H groups in total. The largest absolute Gasteiger partial charge is 0.454 e. The lowest BCUT2D eigenvalue weighted by Crippen LogP contribution is -2.56. The van der Waals surface area contributed by atoms with Gasteiger partial charge < -0.3 is 24.6 Å². The van der Waals surface area contributed by atoms with E-state index in [9.17, 15) is 9.59 Å². The first-order chi connectivity index (χ1) is 13.3. The number of carbonyl (C=O) groups excluding carboxylic acids is 2. The Labute approximate surface area is 167 Å². The molecule has 1 unspecified atom stereocenters. The number of benzene rings is 2. The van der Waals surface area contributed by atoms with Gasteiger partial charge in [0.15, 0.2) is 17.0 Å². The predicted molar refractivity (Wildman–Crippen MR) is 105 cm³/mol. The van der Waals surface area contributed by atoms with E-state index < -0.39 is 5.54 Å². The normalized spacial score (nSPS) is 19.6. The zero-order valence-electron chi connectivity index (χ0n) is 15.8. The fourth-order valence-electron chi connectivity index (χ4n) is 3.70. The Balaban J connectivity index is 1.88. The molecule has 28 heavy (non-hydrogen) atoms. The van der Waals surface area contributed by atoms with Crippen LogP contribution < -0.4 is 19.7 Å². The summed E-state index contributed by atoms with van der Waals surface area (Å²) in [5.41, 5.74) is 0.818. The number of para-hydroxylation sites is 1. The number of nitrogens with one attached hydrogen (secondary N) is 1. The number of likely N-dealkylation sites (N-methyl/N-ethyl adjacent to an activating group) is 1. The van der Waals surface area contributed by atoms with Crippen LogP contribution in [-0.4, -0.2) is 44.8 Å². The number of ether oxygens (including phenoxy) is 2. The second-order valence-corrected chi connectivity index (χ2v) is 7.52. The van der Waals surface area contributed by atoms with Crippen LogP contribution in [0, 0.1) is 0 Å². The number of carbonyl (C=O) groups is 2. The van der Waals surface area contributed by atoms with Crippen molar-refractivity contribution < 1.29 is 19.1 Å². The molecule has 0 bridgehead atoms. The summed E-state index contributed by atoms with van der Waals surface area (Å²) in [6, 6.07) is 10.4. The number of fused-ring (bicyclic) bond motifs is 2. The average molecular weight is 402 g/mol. The first-order valence-electron chi connectivity index (χ1n) is 8.78. The van der Waals surface area contributed by atoms with Crippen LogP contribution in [0.2, 0.25) is 5.02 Å². The summed E-state index contributed by atoms with van der Waals surface area (Å²) in [6.45, 7) is 0.125. The van der Waals surface area contributed by atoms with Crippen molar-refractivity contribution in [3.8, 4) is 11.5 Å². The van der Waals surface area contributed by atoms with E-state index in [4.69, 9.17) is 21.1 Å². The third-order valence-electron chi connectivity index (χ3n) is 5.11. The van der Waals surface area contributed by atoms with Crippen molar-refractivity contribution >= 4 is 29.2 Å². The molecule has 0 spiro atoms. The highest BCUT2D eigenvalue weighted by Gasteiger charge is 2.52. The molecular weight excluding hydrogens is 382 g/mol. The fraction of sp³-hybridized carbons (Fsp3) is 0.300. The van der Waals surface area contributed by atoms with Crippen molar-refractivity contribution in [3.63, 3.8) is 0 Å². The van der Waals surface area contributed by atoms with Gasteiger partial charge in [-0.15, -0.1) is 0 Å². The zero-order chi connectivity index (χ0) is 20.1. The average Bonchev–Trinajstić information content (AvgIpc) is 3.21. The van der Waals surface area contributed by atoms with Crippen molar-refractivity contribution in [3.05, 3.63) is 52.5 Å². The summed E-state index contributed by atoms with van der Waals surface area (Å²) < 4.78 is 11.1. The summed E-state index contributed by atoms with van der Waals surface area (Å²) in [4.78, 5) is 29.0. The lowest BCUT2D eigenvalue weighted by molar-refractivity contribution is -0.123. The number of nitrogens with zero attached hydrogens (tertiary/aromatic N) is 2. The van der Waals surface area contributed by atoms with Crippen LogP contribution in [0.5, 0.6) is 11.5 Å². The third kappa shape index (κ3) is 2.74. The van der Waals surface area contributed by atoms with E-state index in [1.165, 1.54) is 4.90 Å². The molecule has 7 nitrogen and oxygen atoms in total. The smallest absolute Gasteiger partial charge is 0.318 e. The second-order valence-electron chi connectivity index (χ2n) is 7.08. The molecule has 0 aliphatic carbocycles.